The molecule has 4 rings (SSSR count). The van der Waals surface area contributed by atoms with E-state index in [1.165, 1.54) is 6.92 Å². The molecule has 0 aromatic carbocycles. The molecule has 0 radical (unpaired) electrons. The van der Waals surface area contributed by atoms with Crippen LogP contribution in [-0.4, -0.2) is 122 Å². The molecule has 16 nitrogen and oxygen atoms in total. The first-order valence-corrected chi connectivity index (χ1v) is 18.0. The third-order valence-corrected chi connectivity index (χ3v) is 11.2. The number of hydrogen-bond donors (Lipinski definition) is 1. The highest BCUT2D eigenvalue weighted by molar-refractivity contribution is 5.85. The van der Waals surface area contributed by atoms with E-state index in [4.69, 9.17) is 33.2 Å². The number of rotatable bonds is 6. The molecule has 0 aromatic heterocycles. The van der Waals surface area contributed by atoms with Crippen molar-refractivity contribution < 1.29 is 52.3 Å². The van der Waals surface area contributed by atoms with Crippen LogP contribution in [0.5, 0.6) is 0 Å². The van der Waals surface area contributed by atoms with Crippen LogP contribution >= 0.6 is 0 Å². The number of esters is 2. The van der Waals surface area contributed by atoms with Crippen LogP contribution in [0.4, 0.5) is 4.79 Å². The Bertz CT molecular complexity index is 1340. The van der Waals surface area contributed by atoms with Gasteiger partial charge in [0.2, 0.25) is 0 Å². The summed E-state index contributed by atoms with van der Waals surface area (Å²) < 4.78 is 44.2. The number of azide groups is 1. The molecule has 15 atom stereocenters. The zero-order valence-electron chi connectivity index (χ0n) is 31.8. The molecule has 0 spiro atoms. The number of fused-ring (bicyclic) bond motifs is 4. The SMILES string of the molecule is CC[C@H]1OC(=O)[C@H](C)[C@H]2OCC(N=[N+]=[N-])CO[C@](C)(C[C@@H](C)C(=O)[C@H](C)[C@H]3NC(=O)O[C@@]31C)[C@H](O[C@@H]1O[C@H](C)C[C@H](N(C)C)[C@H]1OC(C)=O)[C@H]2C. The van der Waals surface area contributed by atoms with Crippen molar-refractivity contribution in [2.75, 3.05) is 27.3 Å². The molecule has 4 heterocycles. The van der Waals surface area contributed by atoms with Crippen molar-refractivity contribution in [2.24, 2.45) is 28.8 Å². The standard InChI is InChI=1S/C35H57N5O11/c1-12-25-35(9)29(37-33(44)51-35)19(4)26(42)17(2)14-34(8)30(50-32-28(48-22(7)41)24(40(10)11)13-18(3)47-32)20(5)27(21(6)31(43)49-25)45-15-23(16-46-34)38-39-36/h17-21,23-25,27-30,32H,12-16H2,1-11H3,(H,37,44)/t17-,18-,19+,20+,21-,23?,24+,25-,27+,28-,29-,30-,32+,34-,35-/m1/s1. The number of likely N-dealkylation sites (N-methyl/N-ethyl adjacent to an activating group) is 1. The third-order valence-electron chi connectivity index (χ3n) is 11.2. The molecule has 51 heavy (non-hydrogen) atoms. The van der Waals surface area contributed by atoms with E-state index in [0.29, 0.717) is 12.8 Å². The van der Waals surface area contributed by atoms with E-state index in [1.54, 1.807) is 27.7 Å². The number of Topliss-reactive ketones (excluding diaryl/α,β-unsaturated/α-hetero) is 1. The Kier molecular flexibility index (Phi) is 13.1. The van der Waals surface area contributed by atoms with Crippen LogP contribution < -0.4 is 5.32 Å². The number of nitrogens with zero attached hydrogens (tertiary/aromatic N) is 4. The summed E-state index contributed by atoms with van der Waals surface area (Å²) in [4.78, 5) is 58.6. The third kappa shape index (κ3) is 8.63. The summed E-state index contributed by atoms with van der Waals surface area (Å²) >= 11 is 0. The molecule has 4 saturated heterocycles. The molecular weight excluding hydrogens is 666 g/mol. The minimum atomic E-state index is -1.34. The van der Waals surface area contributed by atoms with Crippen molar-refractivity contribution in [3.05, 3.63) is 10.4 Å². The van der Waals surface area contributed by atoms with Gasteiger partial charge in [0.05, 0.1) is 61.2 Å². The average molecular weight is 724 g/mol. The minimum absolute atomic E-state index is 0.0702. The summed E-state index contributed by atoms with van der Waals surface area (Å²) in [5.41, 5.74) is 6.78. The van der Waals surface area contributed by atoms with Gasteiger partial charge in [-0.05, 0) is 66.6 Å². The minimum Gasteiger partial charge on any atom is -0.458 e. The molecule has 4 fully saturated rings. The Balaban J connectivity index is 1.89. The summed E-state index contributed by atoms with van der Waals surface area (Å²) in [5, 5.41) is 6.72. The van der Waals surface area contributed by atoms with Crippen molar-refractivity contribution in [3.63, 3.8) is 0 Å². The Morgan fingerprint density at radius 2 is 1.78 bits per heavy atom. The van der Waals surface area contributed by atoms with E-state index in [-0.39, 0.29) is 37.6 Å². The first-order chi connectivity index (χ1) is 23.9. The van der Waals surface area contributed by atoms with Gasteiger partial charge < -0.3 is 43.4 Å². The molecule has 0 aliphatic carbocycles. The Labute approximate surface area is 300 Å². The van der Waals surface area contributed by atoms with E-state index >= 15 is 0 Å². The van der Waals surface area contributed by atoms with Crippen molar-refractivity contribution in [1.82, 2.24) is 10.2 Å². The maximum Gasteiger partial charge on any atom is 0.408 e. The fourth-order valence-electron chi connectivity index (χ4n) is 8.56. The number of alkyl carbamates (subject to hydrolysis) is 1. The first-order valence-electron chi connectivity index (χ1n) is 18.0. The van der Waals surface area contributed by atoms with Gasteiger partial charge in [0.15, 0.2) is 18.0 Å². The summed E-state index contributed by atoms with van der Waals surface area (Å²) in [5.74, 6) is -4.20. The number of carbonyl (C=O) groups excluding carboxylic acids is 4. The van der Waals surface area contributed by atoms with Crippen LogP contribution in [0.1, 0.15) is 81.6 Å². The van der Waals surface area contributed by atoms with E-state index in [0.717, 1.165) is 0 Å². The molecule has 1 unspecified atom stereocenters. The van der Waals surface area contributed by atoms with Crippen LogP contribution in [0.15, 0.2) is 5.11 Å². The van der Waals surface area contributed by atoms with Gasteiger partial charge in [0.25, 0.3) is 0 Å². The monoisotopic (exact) mass is 723 g/mol. The molecular formula is C35H57N5O11. The zero-order chi connectivity index (χ0) is 38.0. The second-order valence-corrected chi connectivity index (χ2v) is 15.5. The molecule has 288 valence electrons. The van der Waals surface area contributed by atoms with Crippen molar-refractivity contribution in [1.29, 1.82) is 0 Å². The van der Waals surface area contributed by atoms with Gasteiger partial charge in [-0.15, -0.1) is 0 Å². The van der Waals surface area contributed by atoms with Crippen molar-refractivity contribution >= 4 is 23.8 Å². The summed E-state index contributed by atoms with van der Waals surface area (Å²) in [6.45, 7) is 15.5. The lowest BCUT2D eigenvalue weighted by Crippen LogP contribution is -2.61. The highest BCUT2D eigenvalue weighted by Crippen LogP contribution is 2.42. The van der Waals surface area contributed by atoms with Gasteiger partial charge in [0.1, 0.15) is 11.9 Å². The Morgan fingerprint density at radius 3 is 2.39 bits per heavy atom. The summed E-state index contributed by atoms with van der Waals surface area (Å²) in [6, 6.07) is -1.81. The number of ketones is 1. The quantitative estimate of drug-likeness (QED) is 0.137. The smallest absolute Gasteiger partial charge is 0.408 e. The molecule has 16 heteroatoms. The van der Waals surface area contributed by atoms with Gasteiger partial charge >= 0.3 is 18.0 Å². The summed E-state index contributed by atoms with van der Waals surface area (Å²) in [6.07, 6.45) is -4.54. The number of carbonyl (C=O) groups is 4. The fourth-order valence-corrected chi connectivity index (χ4v) is 8.56. The largest absolute Gasteiger partial charge is 0.458 e. The van der Waals surface area contributed by atoms with Crippen molar-refractivity contribution in [2.45, 2.75) is 148 Å². The average Bonchev–Trinajstić information content (AvgIpc) is 3.39. The molecule has 2 bridgehead atoms. The highest BCUT2D eigenvalue weighted by atomic mass is 16.7. The predicted molar refractivity (Wildman–Crippen MR) is 182 cm³/mol. The van der Waals surface area contributed by atoms with E-state index in [9.17, 15) is 24.7 Å². The molecule has 1 N–H and O–H groups in total. The van der Waals surface area contributed by atoms with Crippen LogP contribution in [0, 0.1) is 23.7 Å². The van der Waals surface area contributed by atoms with Crippen LogP contribution in [0.3, 0.4) is 0 Å². The number of nitrogens with one attached hydrogen (secondary N) is 1. The second kappa shape index (κ2) is 16.3. The normalized spacial score (nSPS) is 44.0. The predicted octanol–water partition coefficient (Wildman–Crippen LogP) is 3.93. The number of ether oxygens (including phenoxy) is 7. The van der Waals surface area contributed by atoms with E-state index in [1.807, 2.05) is 46.7 Å². The molecule has 4 aliphatic rings. The Hall–Kier alpha value is -3.01. The fraction of sp³-hybridized carbons (Fsp3) is 0.886. The second-order valence-electron chi connectivity index (χ2n) is 15.5. The number of amides is 1. The van der Waals surface area contributed by atoms with Gasteiger partial charge in [-0.25, -0.2) is 4.79 Å². The highest BCUT2D eigenvalue weighted by Gasteiger charge is 2.58. The van der Waals surface area contributed by atoms with Gasteiger partial charge in [-0.2, -0.15) is 0 Å². The number of cyclic esters (lactones) is 1. The topological polar surface area (TPSA) is 197 Å². The van der Waals surface area contributed by atoms with Gasteiger partial charge in [0, 0.05) is 29.6 Å². The van der Waals surface area contributed by atoms with Gasteiger partial charge in [-0.3, -0.25) is 14.4 Å². The molecule has 0 aromatic rings. The van der Waals surface area contributed by atoms with E-state index < -0.39 is 95.7 Å². The lowest BCUT2D eigenvalue weighted by Gasteiger charge is -2.49. The Morgan fingerprint density at radius 1 is 1.10 bits per heavy atom. The maximum atomic E-state index is 14.3. The van der Waals surface area contributed by atoms with Crippen LogP contribution in [-0.2, 0) is 47.5 Å². The van der Waals surface area contributed by atoms with E-state index in [2.05, 4.69) is 15.3 Å². The lowest BCUT2D eigenvalue weighted by atomic mass is 9.73. The molecule has 1 amide bonds. The van der Waals surface area contributed by atoms with Crippen LogP contribution in [0.25, 0.3) is 10.4 Å². The molecule has 4 aliphatic heterocycles. The zero-order valence-corrected chi connectivity index (χ0v) is 31.8. The lowest BCUT2D eigenvalue weighted by molar-refractivity contribution is -0.304. The van der Waals surface area contributed by atoms with Gasteiger partial charge in [-0.1, -0.05) is 32.8 Å². The maximum absolute atomic E-state index is 14.3. The van der Waals surface area contributed by atoms with Crippen molar-refractivity contribution in [3.8, 4) is 0 Å². The van der Waals surface area contributed by atoms with Crippen LogP contribution in [0.2, 0.25) is 0 Å². The summed E-state index contributed by atoms with van der Waals surface area (Å²) in [7, 11) is 3.79. The first kappa shape index (κ1) is 40.8. The number of hydrogen-bond acceptors (Lipinski definition) is 13. The molecule has 0 saturated carbocycles.